The Bertz CT molecular complexity index is 575. The van der Waals surface area contributed by atoms with E-state index in [4.69, 9.17) is 0 Å². The van der Waals surface area contributed by atoms with Crippen LogP contribution in [0.2, 0.25) is 0 Å². The Morgan fingerprint density at radius 2 is 2.00 bits per heavy atom. The molecule has 20 heavy (non-hydrogen) atoms. The number of aryl methyl sites for hydroxylation is 2. The summed E-state index contributed by atoms with van der Waals surface area (Å²) in [7, 11) is 3.87. The molecule has 0 aliphatic rings. The standard InChI is InChI=1S/C14H22N6/c1-5-6-11-18-13(15-3)10(2)14(19-11)17-9-12-16-7-8-20(12)4/h7-8H,5-6,9H2,1-4H3,(H2,15,17,18,19). The van der Waals surface area contributed by atoms with Crippen molar-refractivity contribution in [1.29, 1.82) is 0 Å². The summed E-state index contributed by atoms with van der Waals surface area (Å²) in [5, 5.41) is 6.48. The van der Waals surface area contributed by atoms with Gasteiger partial charge in [0.1, 0.15) is 23.3 Å². The van der Waals surface area contributed by atoms with Crippen molar-refractivity contribution in [3.63, 3.8) is 0 Å². The first-order valence-corrected chi connectivity index (χ1v) is 6.91. The van der Waals surface area contributed by atoms with Gasteiger partial charge in [0.2, 0.25) is 0 Å². The number of imidazole rings is 1. The van der Waals surface area contributed by atoms with Gasteiger partial charge >= 0.3 is 0 Å². The maximum absolute atomic E-state index is 4.60. The molecule has 0 aliphatic heterocycles. The second kappa shape index (κ2) is 6.36. The highest BCUT2D eigenvalue weighted by molar-refractivity contribution is 5.57. The zero-order valence-electron chi connectivity index (χ0n) is 12.6. The molecule has 0 unspecified atom stereocenters. The highest BCUT2D eigenvalue weighted by atomic mass is 15.1. The Hall–Kier alpha value is -2.11. The highest BCUT2D eigenvalue weighted by Crippen LogP contribution is 2.20. The molecule has 0 saturated heterocycles. The van der Waals surface area contributed by atoms with E-state index in [9.17, 15) is 0 Å². The first-order valence-electron chi connectivity index (χ1n) is 6.91. The molecule has 2 rings (SSSR count). The Labute approximate surface area is 119 Å². The minimum Gasteiger partial charge on any atom is -0.373 e. The van der Waals surface area contributed by atoms with Gasteiger partial charge in [-0.2, -0.15) is 0 Å². The van der Waals surface area contributed by atoms with E-state index in [0.29, 0.717) is 6.54 Å². The molecule has 2 aromatic heterocycles. The summed E-state index contributed by atoms with van der Waals surface area (Å²) in [6.45, 7) is 4.79. The van der Waals surface area contributed by atoms with E-state index in [-0.39, 0.29) is 0 Å². The molecule has 0 saturated carbocycles. The van der Waals surface area contributed by atoms with Crippen molar-refractivity contribution < 1.29 is 0 Å². The van der Waals surface area contributed by atoms with Crippen LogP contribution in [0.3, 0.4) is 0 Å². The van der Waals surface area contributed by atoms with Crippen LogP contribution in [0.15, 0.2) is 12.4 Å². The van der Waals surface area contributed by atoms with Crippen molar-refractivity contribution in [2.75, 3.05) is 17.7 Å². The third-order valence-corrected chi connectivity index (χ3v) is 3.24. The lowest BCUT2D eigenvalue weighted by Crippen LogP contribution is -2.11. The fourth-order valence-corrected chi connectivity index (χ4v) is 2.04. The number of hydrogen-bond acceptors (Lipinski definition) is 5. The smallest absolute Gasteiger partial charge is 0.135 e. The minimum atomic E-state index is 0.649. The van der Waals surface area contributed by atoms with Gasteiger partial charge in [-0.1, -0.05) is 6.92 Å². The van der Waals surface area contributed by atoms with Crippen molar-refractivity contribution in [2.45, 2.75) is 33.2 Å². The number of rotatable bonds is 6. The van der Waals surface area contributed by atoms with Crippen molar-refractivity contribution in [1.82, 2.24) is 19.5 Å². The Morgan fingerprint density at radius 1 is 1.25 bits per heavy atom. The normalized spacial score (nSPS) is 10.6. The number of nitrogens with zero attached hydrogens (tertiary/aromatic N) is 4. The van der Waals surface area contributed by atoms with Gasteiger partial charge < -0.3 is 15.2 Å². The Kier molecular flexibility index (Phi) is 4.55. The van der Waals surface area contributed by atoms with Crippen molar-refractivity contribution in [3.8, 4) is 0 Å². The molecule has 2 N–H and O–H groups in total. The molecule has 0 radical (unpaired) electrons. The SMILES string of the molecule is CCCc1nc(NC)c(C)c(NCc2nccn2C)n1. The van der Waals surface area contributed by atoms with Gasteiger partial charge in [0.15, 0.2) is 0 Å². The summed E-state index contributed by atoms with van der Waals surface area (Å²) in [6.07, 6.45) is 5.65. The number of hydrogen-bond donors (Lipinski definition) is 2. The monoisotopic (exact) mass is 274 g/mol. The van der Waals surface area contributed by atoms with Crippen LogP contribution in [0, 0.1) is 6.92 Å². The molecule has 0 atom stereocenters. The number of anilines is 2. The van der Waals surface area contributed by atoms with Crippen molar-refractivity contribution in [2.24, 2.45) is 7.05 Å². The maximum atomic E-state index is 4.60. The third-order valence-electron chi connectivity index (χ3n) is 3.24. The number of aromatic nitrogens is 4. The Balaban J connectivity index is 2.21. The highest BCUT2D eigenvalue weighted by Gasteiger charge is 2.10. The van der Waals surface area contributed by atoms with E-state index in [2.05, 4.69) is 32.5 Å². The first kappa shape index (κ1) is 14.3. The van der Waals surface area contributed by atoms with Gasteiger partial charge in [-0.15, -0.1) is 0 Å². The lowest BCUT2D eigenvalue weighted by molar-refractivity contribution is 0.801. The second-order valence-electron chi connectivity index (χ2n) is 4.77. The maximum Gasteiger partial charge on any atom is 0.135 e. The van der Waals surface area contributed by atoms with Gasteiger partial charge in [-0.3, -0.25) is 0 Å². The van der Waals surface area contributed by atoms with Crippen molar-refractivity contribution >= 4 is 11.6 Å². The van der Waals surface area contributed by atoms with Crippen molar-refractivity contribution in [3.05, 3.63) is 29.6 Å². The van der Waals surface area contributed by atoms with E-state index >= 15 is 0 Å². The summed E-state index contributed by atoms with van der Waals surface area (Å²) in [6, 6.07) is 0. The van der Waals surface area contributed by atoms with Crippen LogP contribution in [-0.2, 0) is 20.0 Å². The molecular formula is C14H22N6. The number of nitrogens with one attached hydrogen (secondary N) is 2. The van der Waals surface area contributed by atoms with E-state index in [1.165, 1.54) is 0 Å². The molecule has 2 aromatic rings. The molecular weight excluding hydrogens is 252 g/mol. The largest absolute Gasteiger partial charge is 0.373 e. The lowest BCUT2D eigenvalue weighted by Gasteiger charge is -2.13. The van der Waals surface area contributed by atoms with Crippen LogP contribution in [0.4, 0.5) is 11.6 Å². The van der Waals surface area contributed by atoms with E-state index in [1.54, 1.807) is 6.20 Å². The molecule has 0 aliphatic carbocycles. The van der Waals surface area contributed by atoms with E-state index < -0.39 is 0 Å². The topological polar surface area (TPSA) is 67.7 Å². The van der Waals surface area contributed by atoms with Crippen LogP contribution >= 0.6 is 0 Å². The zero-order chi connectivity index (χ0) is 14.5. The molecule has 6 heteroatoms. The van der Waals surface area contributed by atoms with Gasteiger partial charge in [0, 0.05) is 38.5 Å². The quantitative estimate of drug-likeness (QED) is 0.844. The van der Waals surface area contributed by atoms with Crippen LogP contribution in [-0.4, -0.2) is 26.6 Å². The summed E-state index contributed by atoms with van der Waals surface area (Å²) >= 11 is 0. The van der Waals surface area contributed by atoms with E-state index in [0.717, 1.165) is 41.7 Å². The molecule has 2 heterocycles. The average molecular weight is 274 g/mol. The fraction of sp³-hybridized carbons (Fsp3) is 0.500. The first-order chi connectivity index (χ1) is 9.65. The summed E-state index contributed by atoms with van der Waals surface area (Å²) in [4.78, 5) is 13.4. The van der Waals surface area contributed by atoms with Crippen LogP contribution in [0.1, 0.15) is 30.6 Å². The zero-order valence-corrected chi connectivity index (χ0v) is 12.6. The predicted octanol–water partition coefficient (Wildman–Crippen LogP) is 2.12. The lowest BCUT2D eigenvalue weighted by atomic mass is 10.2. The molecule has 108 valence electrons. The average Bonchev–Trinajstić information content (AvgIpc) is 2.84. The summed E-state index contributed by atoms with van der Waals surface area (Å²) in [5.74, 6) is 3.59. The molecule has 6 nitrogen and oxygen atoms in total. The van der Waals surface area contributed by atoms with Gasteiger partial charge in [0.25, 0.3) is 0 Å². The van der Waals surface area contributed by atoms with Gasteiger partial charge in [-0.25, -0.2) is 15.0 Å². The second-order valence-corrected chi connectivity index (χ2v) is 4.77. The summed E-state index contributed by atoms with van der Waals surface area (Å²) < 4.78 is 2.00. The van der Waals surface area contributed by atoms with Crippen LogP contribution < -0.4 is 10.6 Å². The summed E-state index contributed by atoms with van der Waals surface area (Å²) in [5.41, 5.74) is 1.03. The van der Waals surface area contributed by atoms with E-state index in [1.807, 2.05) is 31.8 Å². The van der Waals surface area contributed by atoms with Crippen LogP contribution in [0.25, 0.3) is 0 Å². The molecule has 0 aromatic carbocycles. The molecule has 0 bridgehead atoms. The van der Waals surface area contributed by atoms with Gasteiger partial charge in [0.05, 0.1) is 6.54 Å². The minimum absolute atomic E-state index is 0.649. The van der Waals surface area contributed by atoms with Crippen LogP contribution in [0.5, 0.6) is 0 Å². The third kappa shape index (κ3) is 3.07. The van der Waals surface area contributed by atoms with Gasteiger partial charge in [-0.05, 0) is 13.3 Å². The molecule has 0 spiro atoms. The Morgan fingerprint density at radius 3 is 2.60 bits per heavy atom. The molecule has 0 fully saturated rings. The molecule has 0 amide bonds. The predicted molar refractivity (Wildman–Crippen MR) is 80.8 cm³/mol. The fourth-order valence-electron chi connectivity index (χ4n) is 2.04.